The Hall–Kier alpha value is -4.41. The lowest BCUT2D eigenvalue weighted by Gasteiger charge is -2.26. The molecule has 2 N–H and O–H groups in total. The molecule has 1 aliphatic heterocycles. The Morgan fingerprint density at radius 2 is 1.79 bits per heavy atom. The maximum atomic E-state index is 13.1. The fourth-order valence-electron chi connectivity index (χ4n) is 3.62. The number of anilines is 2. The number of amides is 5. The second-order valence-electron chi connectivity index (χ2n) is 8.04. The van der Waals surface area contributed by atoms with Gasteiger partial charge < -0.3 is 14.8 Å². The monoisotopic (exact) mass is 571 g/mol. The van der Waals surface area contributed by atoms with Crippen molar-refractivity contribution in [2.75, 3.05) is 23.4 Å². The van der Waals surface area contributed by atoms with Crippen molar-refractivity contribution in [2.45, 2.75) is 6.92 Å². The number of carbonyl (C=O) groups excluding carboxylic acids is 4. The maximum absolute atomic E-state index is 13.1. The Bertz CT molecular complexity index is 1490. The van der Waals surface area contributed by atoms with E-state index < -0.39 is 36.2 Å². The van der Waals surface area contributed by atoms with E-state index in [1.54, 1.807) is 19.1 Å². The van der Waals surface area contributed by atoms with Crippen molar-refractivity contribution < 1.29 is 33.0 Å². The zero-order valence-corrected chi connectivity index (χ0v) is 21.8. The number of hydrogen-bond acceptors (Lipinski definition) is 6. The number of nitrogens with zero attached hydrogens (tertiary/aromatic N) is 1. The van der Waals surface area contributed by atoms with Gasteiger partial charge in [-0.2, -0.15) is 0 Å². The van der Waals surface area contributed by atoms with Gasteiger partial charge in [-0.3, -0.25) is 19.7 Å². The summed E-state index contributed by atoms with van der Waals surface area (Å²) in [5, 5.41) is 5.03. The van der Waals surface area contributed by atoms with E-state index in [0.29, 0.717) is 16.3 Å². The molecule has 1 fully saturated rings. The van der Waals surface area contributed by atoms with Crippen LogP contribution in [0.15, 0.2) is 66.2 Å². The summed E-state index contributed by atoms with van der Waals surface area (Å²) in [5.74, 6) is -2.51. The van der Waals surface area contributed by atoms with Crippen LogP contribution in [0.3, 0.4) is 0 Å². The van der Waals surface area contributed by atoms with Crippen molar-refractivity contribution in [3.05, 3.63) is 87.7 Å². The molecule has 0 spiro atoms. The summed E-state index contributed by atoms with van der Waals surface area (Å²) >= 11 is 12.4. The SMILES string of the molecule is CCOc1cc(/C=C2\C(=O)NC(=O)N(c3cccc(Cl)c3)C2=O)cc(Cl)c1OCC(=O)Nc1ccc(F)cc1. The number of imide groups is 2. The van der Waals surface area contributed by atoms with E-state index in [-0.39, 0.29) is 34.4 Å². The van der Waals surface area contributed by atoms with E-state index in [4.69, 9.17) is 32.7 Å². The first-order chi connectivity index (χ1) is 18.7. The Balaban J connectivity index is 1.58. The van der Waals surface area contributed by atoms with Crippen LogP contribution >= 0.6 is 23.2 Å². The highest BCUT2D eigenvalue weighted by Gasteiger charge is 2.37. The number of rotatable bonds is 8. The number of benzene rings is 3. The van der Waals surface area contributed by atoms with E-state index in [0.717, 1.165) is 4.90 Å². The van der Waals surface area contributed by atoms with E-state index in [1.165, 1.54) is 54.6 Å². The van der Waals surface area contributed by atoms with Crippen LogP contribution in [0.2, 0.25) is 10.0 Å². The predicted octanol–water partition coefficient (Wildman–Crippen LogP) is 5.22. The summed E-state index contributed by atoms with van der Waals surface area (Å²) in [5.41, 5.74) is 0.522. The van der Waals surface area contributed by atoms with Crippen LogP contribution < -0.4 is 25.0 Å². The van der Waals surface area contributed by atoms with Crippen molar-refractivity contribution >= 4 is 64.4 Å². The quantitative estimate of drug-likeness (QED) is 0.283. The number of nitrogens with one attached hydrogen (secondary N) is 2. The normalized spacial score (nSPS) is 14.3. The van der Waals surface area contributed by atoms with Gasteiger partial charge in [-0.25, -0.2) is 14.1 Å². The minimum atomic E-state index is -0.917. The molecule has 1 heterocycles. The van der Waals surface area contributed by atoms with Gasteiger partial charge in [0.2, 0.25) is 0 Å². The van der Waals surface area contributed by atoms with Gasteiger partial charge in [0, 0.05) is 10.7 Å². The summed E-state index contributed by atoms with van der Waals surface area (Å²) in [6.07, 6.45) is 1.25. The topological polar surface area (TPSA) is 114 Å². The Morgan fingerprint density at radius 1 is 1.05 bits per heavy atom. The first-order valence-electron chi connectivity index (χ1n) is 11.5. The maximum Gasteiger partial charge on any atom is 0.335 e. The first-order valence-corrected chi connectivity index (χ1v) is 12.2. The minimum absolute atomic E-state index is 0.0359. The number of hydrogen-bond donors (Lipinski definition) is 2. The molecule has 5 amide bonds. The summed E-state index contributed by atoms with van der Waals surface area (Å²) < 4.78 is 24.3. The zero-order valence-electron chi connectivity index (χ0n) is 20.3. The number of ether oxygens (including phenoxy) is 2. The molecular weight excluding hydrogens is 552 g/mol. The number of halogens is 3. The van der Waals surface area contributed by atoms with Crippen molar-refractivity contribution in [1.29, 1.82) is 0 Å². The number of barbiturate groups is 1. The summed E-state index contributed by atoms with van der Waals surface area (Å²) in [6.45, 7) is 1.50. The standard InChI is InChI=1S/C27H20Cl2FN3O6/c1-2-38-22-12-15(11-21(29)24(22)39-14-23(34)31-18-8-6-17(30)7-9-18)10-20-25(35)32-27(37)33(26(20)36)19-5-3-4-16(28)13-19/h3-13H,2,14H2,1H3,(H,31,34)(H,32,35,37)/b20-10+. The largest absolute Gasteiger partial charge is 0.490 e. The van der Waals surface area contributed by atoms with Crippen molar-refractivity contribution in [3.8, 4) is 11.5 Å². The van der Waals surface area contributed by atoms with Crippen molar-refractivity contribution in [2.24, 2.45) is 0 Å². The molecule has 3 aromatic rings. The highest BCUT2D eigenvalue weighted by Crippen LogP contribution is 2.37. The van der Waals surface area contributed by atoms with Crippen LogP contribution in [0.4, 0.5) is 20.6 Å². The molecule has 1 saturated heterocycles. The molecule has 0 saturated carbocycles. The van der Waals surface area contributed by atoms with Crippen molar-refractivity contribution in [1.82, 2.24) is 5.32 Å². The Labute approximate surface area is 232 Å². The molecule has 3 aromatic carbocycles. The second-order valence-corrected chi connectivity index (χ2v) is 8.89. The third-order valence-electron chi connectivity index (χ3n) is 5.29. The lowest BCUT2D eigenvalue weighted by molar-refractivity contribution is -0.122. The van der Waals surface area contributed by atoms with Gasteiger partial charge in [0.05, 0.1) is 17.3 Å². The molecular formula is C27H20Cl2FN3O6. The third kappa shape index (κ3) is 6.54. The van der Waals surface area contributed by atoms with Gasteiger partial charge >= 0.3 is 6.03 Å². The molecule has 0 aromatic heterocycles. The lowest BCUT2D eigenvalue weighted by Crippen LogP contribution is -2.54. The first kappa shape index (κ1) is 27.6. The predicted molar refractivity (Wildman–Crippen MR) is 144 cm³/mol. The van der Waals surface area contributed by atoms with Crippen LogP contribution in [-0.4, -0.2) is 37.0 Å². The second kappa shape index (κ2) is 12.0. The van der Waals surface area contributed by atoms with Crippen LogP contribution in [0, 0.1) is 5.82 Å². The fraction of sp³-hybridized carbons (Fsp3) is 0.111. The van der Waals surface area contributed by atoms with E-state index in [1.807, 2.05) is 0 Å². The van der Waals surface area contributed by atoms with E-state index in [9.17, 15) is 23.6 Å². The highest BCUT2D eigenvalue weighted by molar-refractivity contribution is 6.39. The molecule has 4 rings (SSSR count). The molecule has 200 valence electrons. The molecule has 0 radical (unpaired) electrons. The van der Waals surface area contributed by atoms with Gasteiger partial charge in [0.25, 0.3) is 17.7 Å². The minimum Gasteiger partial charge on any atom is -0.490 e. The van der Waals surface area contributed by atoms with Gasteiger partial charge in [0.1, 0.15) is 11.4 Å². The molecule has 0 bridgehead atoms. The Morgan fingerprint density at radius 3 is 2.49 bits per heavy atom. The van der Waals surface area contributed by atoms with Crippen molar-refractivity contribution in [3.63, 3.8) is 0 Å². The lowest BCUT2D eigenvalue weighted by atomic mass is 10.1. The van der Waals surface area contributed by atoms with Crippen LogP contribution in [0.25, 0.3) is 6.08 Å². The molecule has 1 aliphatic rings. The molecule has 0 unspecified atom stereocenters. The third-order valence-corrected chi connectivity index (χ3v) is 5.80. The van der Waals surface area contributed by atoms with Gasteiger partial charge in [-0.1, -0.05) is 29.3 Å². The summed E-state index contributed by atoms with van der Waals surface area (Å²) in [6, 6.07) is 13.2. The zero-order chi connectivity index (χ0) is 28.1. The average molecular weight is 572 g/mol. The summed E-state index contributed by atoms with van der Waals surface area (Å²) in [7, 11) is 0. The number of carbonyl (C=O) groups is 4. The smallest absolute Gasteiger partial charge is 0.335 e. The molecule has 9 nitrogen and oxygen atoms in total. The van der Waals surface area contributed by atoms with Crippen LogP contribution in [0.5, 0.6) is 11.5 Å². The molecule has 0 atom stereocenters. The highest BCUT2D eigenvalue weighted by atomic mass is 35.5. The molecule has 39 heavy (non-hydrogen) atoms. The van der Waals surface area contributed by atoms with Crippen LogP contribution in [-0.2, 0) is 14.4 Å². The van der Waals surface area contributed by atoms with Gasteiger partial charge in [0.15, 0.2) is 18.1 Å². The summed E-state index contributed by atoms with van der Waals surface area (Å²) in [4.78, 5) is 51.2. The van der Waals surface area contributed by atoms with Gasteiger partial charge in [-0.15, -0.1) is 0 Å². The van der Waals surface area contributed by atoms with Gasteiger partial charge in [-0.05, 0) is 73.2 Å². The molecule has 0 aliphatic carbocycles. The number of urea groups is 1. The fourth-order valence-corrected chi connectivity index (χ4v) is 4.07. The average Bonchev–Trinajstić information content (AvgIpc) is 2.87. The van der Waals surface area contributed by atoms with Crippen LogP contribution in [0.1, 0.15) is 12.5 Å². The van der Waals surface area contributed by atoms with E-state index >= 15 is 0 Å². The van der Waals surface area contributed by atoms with E-state index in [2.05, 4.69) is 10.6 Å². The molecule has 12 heteroatoms. The Kier molecular flexibility index (Phi) is 8.48.